The van der Waals surface area contributed by atoms with Crippen LogP contribution in [0, 0.1) is 5.92 Å². The van der Waals surface area contributed by atoms with Gasteiger partial charge in [-0.05, 0) is 56.7 Å². The SMILES string of the molecule is CCCOc1nc2ccccc2cc1/C=C/C(=O)N1CCC(C(=O)N2CCCCC2)CC1. The van der Waals surface area contributed by atoms with Crippen molar-refractivity contribution < 1.29 is 14.3 Å². The summed E-state index contributed by atoms with van der Waals surface area (Å²) in [5, 5.41) is 1.01. The van der Waals surface area contributed by atoms with Crippen molar-refractivity contribution in [2.45, 2.75) is 45.4 Å². The summed E-state index contributed by atoms with van der Waals surface area (Å²) < 4.78 is 5.84. The quantitative estimate of drug-likeness (QED) is 0.635. The molecular weight excluding hydrogens is 402 g/mol. The van der Waals surface area contributed by atoms with Crippen LogP contribution in [0.3, 0.4) is 0 Å². The molecule has 2 amide bonds. The molecule has 0 aliphatic carbocycles. The zero-order chi connectivity index (χ0) is 22.3. The zero-order valence-corrected chi connectivity index (χ0v) is 19.0. The minimum Gasteiger partial charge on any atom is -0.477 e. The van der Waals surface area contributed by atoms with Gasteiger partial charge in [0.1, 0.15) is 0 Å². The largest absolute Gasteiger partial charge is 0.477 e. The summed E-state index contributed by atoms with van der Waals surface area (Å²) in [6.45, 7) is 5.68. The fourth-order valence-corrected chi connectivity index (χ4v) is 4.53. The first-order chi connectivity index (χ1) is 15.7. The van der Waals surface area contributed by atoms with Crippen molar-refractivity contribution in [1.82, 2.24) is 14.8 Å². The second-order valence-corrected chi connectivity index (χ2v) is 8.74. The number of para-hydroxylation sites is 1. The number of hydrogen-bond acceptors (Lipinski definition) is 4. The van der Waals surface area contributed by atoms with Crippen molar-refractivity contribution in [3.8, 4) is 5.88 Å². The number of fused-ring (bicyclic) bond motifs is 1. The van der Waals surface area contributed by atoms with Gasteiger partial charge in [0.2, 0.25) is 17.7 Å². The normalized spacial score (nSPS) is 17.8. The maximum atomic E-state index is 12.8. The van der Waals surface area contributed by atoms with E-state index in [2.05, 4.69) is 11.9 Å². The minimum atomic E-state index is -0.0246. The number of pyridine rings is 1. The Morgan fingerprint density at radius 1 is 1.06 bits per heavy atom. The zero-order valence-electron chi connectivity index (χ0n) is 19.0. The molecule has 0 bridgehead atoms. The Labute approximate surface area is 190 Å². The molecule has 2 saturated heterocycles. The third-order valence-corrected chi connectivity index (χ3v) is 6.39. The number of nitrogens with zero attached hydrogens (tertiary/aromatic N) is 3. The van der Waals surface area contributed by atoms with E-state index < -0.39 is 0 Å². The maximum absolute atomic E-state index is 12.8. The number of rotatable bonds is 6. The number of carbonyl (C=O) groups is 2. The third-order valence-electron chi connectivity index (χ3n) is 6.39. The fourth-order valence-electron chi connectivity index (χ4n) is 4.53. The Hall–Kier alpha value is -2.89. The number of benzene rings is 1. The van der Waals surface area contributed by atoms with E-state index in [1.54, 1.807) is 12.2 Å². The first-order valence-corrected chi connectivity index (χ1v) is 11.9. The van der Waals surface area contributed by atoms with Crippen molar-refractivity contribution in [1.29, 1.82) is 0 Å². The summed E-state index contributed by atoms with van der Waals surface area (Å²) in [6.07, 6.45) is 9.25. The molecule has 32 heavy (non-hydrogen) atoms. The Balaban J connectivity index is 1.39. The summed E-state index contributed by atoms with van der Waals surface area (Å²) in [4.78, 5) is 34.1. The van der Waals surface area contributed by atoms with Crippen LogP contribution in [0.25, 0.3) is 17.0 Å². The molecule has 2 fully saturated rings. The highest BCUT2D eigenvalue weighted by molar-refractivity contribution is 5.93. The molecule has 3 heterocycles. The van der Waals surface area contributed by atoms with Crippen molar-refractivity contribution in [2.75, 3.05) is 32.8 Å². The summed E-state index contributed by atoms with van der Waals surface area (Å²) >= 11 is 0. The van der Waals surface area contributed by atoms with Crippen LogP contribution in [0.5, 0.6) is 5.88 Å². The molecule has 0 unspecified atom stereocenters. The molecule has 4 rings (SSSR count). The van der Waals surface area contributed by atoms with Gasteiger partial charge in [-0.15, -0.1) is 0 Å². The lowest BCUT2D eigenvalue weighted by atomic mass is 9.94. The Bertz CT molecular complexity index is 973. The summed E-state index contributed by atoms with van der Waals surface area (Å²) in [5.74, 6) is 0.871. The number of carbonyl (C=O) groups excluding carboxylic acids is 2. The molecule has 170 valence electrons. The van der Waals surface area contributed by atoms with Gasteiger partial charge in [0.25, 0.3) is 0 Å². The third kappa shape index (κ3) is 5.29. The molecule has 0 N–H and O–H groups in total. The summed E-state index contributed by atoms with van der Waals surface area (Å²) in [6, 6.07) is 9.92. The van der Waals surface area contributed by atoms with E-state index in [0.717, 1.165) is 61.7 Å². The van der Waals surface area contributed by atoms with Gasteiger partial charge in [0.15, 0.2) is 0 Å². The highest BCUT2D eigenvalue weighted by Crippen LogP contribution is 2.25. The summed E-state index contributed by atoms with van der Waals surface area (Å²) in [7, 11) is 0. The second kappa shape index (κ2) is 10.6. The molecule has 2 aliphatic rings. The van der Waals surface area contributed by atoms with Crippen LogP contribution >= 0.6 is 0 Å². The lowest BCUT2D eigenvalue weighted by Gasteiger charge is -2.35. The van der Waals surface area contributed by atoms with Crippen molar-refractivity contribution in [2.24, 2.45) is 5.92 Å². The Kier molecular flexibility index (Phi) is 7.40. The maximum Gasteiger partial charge on any atom is 0.246 e. The van der Waals surface area contributed by atoms with Crippen LogP contribution in [-0.4, -0.2) is 59.4 Å². The van der Waals surface area contributed by atoms with Gasteiger partial charge in [-0.2, -0.15) is 0 Å². The van der Waals surface area contributed by atoms with Gasteiger partial charge < -0.3 is 14.5 Å². The van der Waals surface area contributed by atoms with Crippen LogP contribution in [0.1, 0.15) is 51.0 Å². The first kappa shape index (κ1) is 22.3. The number of piperidine rings is 2. The van der Waals surface area contributed by atoms with Crippen molar-refractivity contribution in [3.05, 3.63) is 42.0 Å². The molecule has 1 aromatic carbocycles. The molecule has 2 aromatic rings. The van der Waals surface area contributed by atoms with E-state index in [4.69, 9.17) is 4.74 Å². The molecule has 0 spiro atoms. The molecule has 0 radical (unpaired) electrons. The standard InChI is InChI=1S/C26H33N3O3/c1-2-18-32-25-22(19-21-8-4-5-9-23(21)27-25)10-11-24(30)28-16-12-20(13-17-28)26(31)29-14-6-3-7-15-29/h4-5,8-11,19-20H,2-3,6-7,12-18H2,1H3/b11-10+. The topological polar surface area (TPSA) is 62.7 Å². The molecule has 1 aromatic heterocycles. The molecular formula is C26H33N3O3. The minimum absolute atomic E-state index is 0.0246. The van der Waals surface area contributed by atoms with Crippen LogP contribution in [0.4, 0.5) is 0 Å². The van der Waals surface area contributed by atoms with Gasteiger partial charge in [-0.25, -0.2) is 4.98 Å². The van der Waals surface area contributed by atoms with E-state index in [0.29, 0.717) is 25.6 Å². The molecule has 6 nitrogen and oxygen atoms in total. The van der Waals surface area contributed by atoms with Crippen LogP contribution < -0.4 is 4.74 Å². The van der Waals surface area contributed by atoms with E-state index in [1.807, 2.05) is 40.1 Å². The van der Waals surface area contributed by atoms with Crippen LogP contribution in [0.2, 0.25) is 0 Å². The monoisotopic (exact) mass is 435 g/mol. The van der Waals surface area contributed by atoms with Crippen molar-refractivity contribution in [3.63, 3.8) is 0 Å². The molecule has 6 heteroatoms. The lowest BCUT2D eigenvalue weighted by molar-refractivity contribution is -0.140. The molecule has 0 atom stereocenters. The van der Waals surface area contributed by atoms with Gasteiger partial charge in [0.05, 0.1) is 12.1 Å². The van der Waals surface area contributed by atoms with Gasteiger partial charge >= 0.3 is 0 Å². The average molecular weight is 436 g/mol. The smallest absolute Gasteiger partial charge is 0.246 e. The summed E-state index contributed by atoms with van der Waals surface area (Å²) in [5.41, 5.74) is 1.68. The number of hydrogen-bond donors (Lipinski definition) is 0. The number of amides is 2. The number of likely N-dealkylation sites (tertiary alicyclic amines) is 2. The number of ether oxygens (including phenoxy) is 1. The van der Waals surface area contributed by atoms with Crippen molar-refractivity contribution >= 4 is 28.8 Å². The highest BCUT2D eigenvalue weighted by atomic mass is 16.5. The van der Waals surface area contributed by atoms with E-state index >= 15 is 0 Å². The fraction of sp³-hybridized carbons (Fsp3) is 0.500. The van der Waals surface area contributed by atoms with E-state index in [9.17, 15) is 9.59 Å². The van der Waals surface area contributed by atoms with Gasteiger partial charge in [-0.1, -0.05) is 25.1 Å². The predicted molar refractivity (Wildman–Crippen MR) is 126 cm³/mol. The first-order valence-electron chi connectivity index (χ1n) is 11.9. The lowest BCUT2D eigenvalue weighted by Crippen LogP contribution is -2.45. The highest BCUT2D eigenvalue weighted by Gasteiger charge is 2.30. The Morgan fingerprint density at radius 3 is 2.56 bits per heavy atom. The van der Waals surface area contributed by atoms with Gasteiger partial charge in [0, 0.05) is 49.1 Å². The van der Waals surface area contributed by atoms with Crippen LogP contribution in [-0.2, 0) is 9.59 Å². The van der Waals surface area contributed by atoms with Gasteiger partial charge in [-0.3, -0.25) is 9.59 Å². The average Bonchev–Trinajstić information content (AvgIpc) is 2.86. The Morgan fingerprint density at radius 2 is 1.81 bits per heavy atom. The van der Waals surface area contributed by atoms with E-state index in [1.165, 1.54) is 6.42 Å². The van der Waals surface area contributed by atoms with E-state index in [-0.39, 0.29) is 17.7 Å². The molecule has 2 aliphatic heterocycles. The van der Waals surface area contributed by atoms with Crippen LogP contribution in [0.15, 0.2) is 36.4 Å². The molecule has 0 saturated carbocycles. The number of aromatic nitrogens is 1. The predicted octanol–water partition coefficient (Wildman–Crippen LogP) is 4.29. The second-order valence-electron chi connectivity index (χ2n) is 8.74.